The van der Waals surface area contributed by atoms with Crippen LogP contribution in [-0.4, -0.2) is 28.6 Å². The molecule has 1 aromatic heterocycles. The van der Waals surface area contributed by atoms with Gasteiger partial charge in [-0.05, 0) is 37.3 Å². The number of hydrogen-bond acceptors (Lipinski definition) is 3. The highest BCUT2D eigenvalue weighted by Crippen LogP contribution is 2.34. The Morgan fingerprint density at radius 1 is 1.67 bits per heavy atom. The molecule has 1 aliphatic heterocycles. The molecule has 1 atom stereocenters. The summed E-state index contributed by atoms with van der Waals surface area (Å²) in [6.45, 7) is 4.95. The minimum Gasteiger partial charge on any atom is -0.480 e. The molecule has 2 rings (SSSR count). The van der Waals surface area contributed by atoms with Crippen LogP contribution < -0.4 is 0 Å². The SMILES string of the molecule is CC(C)N1CCc2sccc2C1C(=O)O. The molecule has 0 fully saturated rings. The van der Waals surface area contributed by atoms with E-state index in [4.69, 9.17) is 0 Å². The number of thiophene rings is 1. The second-order valence-electron chi connectivity index (χ2n) is 4.12. The van der Waals surface area contributed by atoms with Gasteiger partial charge >= 0.3 is 5.97 Å². The lowest BCUT2D eigenvalue weighted by Crippen LogP contribution is -2.43. The van der Waals surface area contributed by atoms with Crippen molar-refractivity contribution in [3.05, 3.63) is 21.9 Å². The maximum Gasteiger partial charge on any atom is 0.325 e. The van der Waals surface area contributed by atoms with Crippen LogP contribution in [0.3, 0.4) is 0 Å². The lowest BCUT2D eigenvalue weighted by Gasteiger charge is -2.36. The first-order chi connectivity index (χ1) is 7.11. The van der Waals surface area contributed by atoms with Crippen molar-refractivity contribution in [2.24, 2.45) is 0 Å². The van der Waals surface area contributed by atoms with E-state index in [1.807, 2.05) is 25.3 Å². The summed E-state index contributed by atoms with van der Waals surface area (Å²) in [6, 6.07) is 1.78. The third-order valence-electron chi connectivity index (χ3n) is 2.90. The van der Waals surface area contributed by atoms with Crippen molar-refractivity contribution in [2.45, 2.75) is 32.4 Å². The van der Waals surface area contributed by atoms with E-state index in [1.54, 1.807) is 11.3 Å². The van der Waals surface area contributed by atoms with Crippen LogP contribution in [0.15, 0.2) is 11.4 Å². The van der Waals surface area contributed by atoms with Gasteiger partial charge in [0.15, 0.2) is 0 Å². The highest BCUT2D eigenvalue weighted by atomic mass is 32.1. The van der Waals surface area contributed by atoms with E-state index in [0.29, 0.717) is 0 Å². The Bertz CT molecular complexity index is 372. The summed E-state index contributed by atoms with van der Waals surface area (Å²) < 4.78 is 0. The molecule has 3 nitrogen and oxygen atoms in total. The summed E-state index contributed by atoms with van der Waals surface area (Å²) in [4.78, 5) is 14.6. The fourth-order valence-corrected chi connectivity index (χ4v) is 3.07. The zero-order valence-corrected chi connectivity index (χ0v) is 9.75. The van der Waals surface area contributed by atoms with Crippen molar-refractivity contribution in [1.29, 1.82) is 0 Å². The number of nitrogens with zero attached hydrogens (tertiary/aromatic N) is 1. The van der Waals surface area contributed by atoms with Gasteiger partial charge in [0.1, 0.15) is 6.04 Å². The molecule has 1 unspecified atom stereocenters. The molecule has 0 aromatic carbocycles. The molecule has 82 valence electrons. The summed E-state index contributed by atoms with van der Waals surface area (Å²) in [5.74, 6) is -0.733. The summed E-state index contributed by atoms with van der Waals surface area (Å²) in [5, 5.41) is 11.3. The van der Waals surface area contributed by atoms with E-state index in [0.717, 1.165) is 18.5 Å². The lowest BCUT2D eigenvalue weighted by atomic mass is 9.98. The first kappa shape index (κ1) is 10.6. The van der Waals surface area contributed by atoms with Crippen LogP contribution in [0.1, 0.15) is 30.3 Å². The molecule has 0 spiro atoms. The Morgan fingerprint density at radius 3 is 3.00 bits per heavy atom. The highest BCUT2D eigenvalue weighted by molar-refractivity contribution is 7.10. The van der Waals surface area contributed by atoms with Gasteiger partial charge in [-0.3, -0.25) is 9.69 Å². The summed E-state index contributed by atoms with van der Waals surface area (Å²) >= 11 is 1.67. The maximum atomic E-state index is 11.3. The van der Waals surface area contributed by atoms with Gasteiger partial charge in [0.25, 0.3) is 0 Å². The quantitative estimate of drug-likeness (QED) is 0.838. The Balaban J connectivity index is 2.38. The summed E-state index contributed by atoms with van der Waals surface area (Å²) in [5.41, 5.74) is 0.993. The van der Waals surface area contributed by atoms with E-state index in [1.165, 1.54) is 4.88 Å². The fourth-order valence-electron chi connectivity index (χ4n) is 2.17. The molecule has 15 heavy (non-hydrogen) atoms. The third kappa shape index (κ3) is 1.79. The number of rotatable bonds is 2. The van der Waals surface area contributed by atoms with Gasteiger partial charge in [-0.15, -0.1) is 11.3 Å². The molecule has 0 saturated heterocycles. The number of hydrogen-bond donors (Lipinski definition) is 1. The van der Waals surface area contributed by atoms with E-state index < -0.39 is 12.0 Å². The molecule has 1 N–H and O–H groups in total. The Kier molecular flexibility index (Phi) is 2.80. The van der Waals surface area contributed by atoms with Gasteiger partial charge in [-0.1, -0.05) is 0 Å². The highest BCUT2D eigenvalue weighted by Gasteiger charge is 2.34. The Hall–Kier alpha value is -0.870. The topological polar surface area (TPSA) is 40.5 Å². The van der Waals surface area contributed by atoms with Crippen LogP contribution in [0.25, 0.3) is 0 Å². The predicted octanol–water partition coefficient (Wildman–Crippen LogP) is 2.14. The molecule has 2 heterocycles. The van der Waals surface area contributed by atoms with Crippen molar-refractivity contribution in [2.75, 3.05) is 6.54 Å². The van der Waals surface area contributed by atoms with Crippen LogP contribution in [-0.2, 0) is 11.2 Å². The molecule has 0 radical (unpaired) electrons. The Morgan fingerprint density at radius 2 is 2.40 bits per heavy atom. The molecule has 0 bridgehead atoms. The van der Waals surface area contributed by atoms with Gasteiger partial charge in [-0.25, -0.2) is 0 Å². The lowest BCUT2D eigenvalue weighted by molar-refractivity contribution is -0.144. The predicted molar refractivity (Wildman–Crippen MR) is 60.2 cm³/mol. The number of aliphatic carboxylic acids is 1. The van der Waals surface area contributed by atoms with Gasteiger partial charge in [0, 0.05) is 17.5 Å². The third-order valence-corrected chi connectivity index (χ3v) is 3.90. The fraction of sp³-hybridized carbons (Fsp3) is 0.545. The smallest absolute Gasteiger partial charge is 0.325 e. The van der Waals surface area contributed by atoms with Gasteiger partial charge in [0.2, 0.25) is 0 Å². The van der Waals surface area contributed by atoms with E-state index in [2.05, 4.69) is 4.90 Å². The normalized spacial score (nSPS) is 21.7. The largest absolute Gasteiger partial charge is 0.480 e. The first-order valence-electron chi connectivity index (χ1n) is 5.16. The number of fused-ring (bicyclic) bond motifs is 1. The molecular weight excluding hydrogens is 210 g/mol. The molecule has 0 amide bonds. The van der Waals surface area contributed by atoms with Crippen LogP contribution in [0.5, 0.6) is 0 Å². The summed E-state index contributed by atoms with van der Waals surface area (Å²) in [6.07, 6.45) is 0.981. The minimum absolute atomic E-state index is 0.277. The second kappa shape index (κ2) is 3.94. The van der Waals surface area contributed by atoms with Crippen molar-refractivity contribution in [3.8, 4) is 0 Å². The second-order valence-corrected chi connectivity index (χ2v) is 5.12. The molecule has 0 saturated carbocycles. The van der Waals surface area contributed by atoms with Crippen LogP contribution in [0.4, 0.5) is 0 Å². The van der Waals surface area contributed by atoms with Crippen molar-refractivity contribution in [1.82, 2.24) is 4.90 Å². The van der Waals surface area contributed by atoms with Crippen molar-refractivity contribution < 1.29 is 9.90 Å². The molecule has 1 aliphatic rings. The zero-order valence-electron chi connectivity index (χ0n) is 8.93. The van der Waals surface area contributed by atoms with E-state index >= 15 is 0 Å². The monoisotopic (exact) mass is 225 g/mol. The standard InChI is InChI=1S/C11H15NO2S/c1-7(2)12-5-3-9-8(4-6-15-9)10(12)11(13)14/h4,6-7,10H,3,5H2,1-2H3,(H,13,14). The van der Waals surface area contributed by atoms with Crippen molar-refractivity contribution >= 4 is 17.3 Å². The van der Waals surface area contributed by atoms with Crippen molar-refractivity contribution in [3.63, 3.8) is 0 Å². The van der Waals surface area contributed by atoms with Gasteiger partial charge in [0.05, 0.1) is 0 Å². The number of carboxylic acid groups (broad SMARTS) is 1. The number of carbonyl (C=O) groups is 1. The van der Waals surface area contributed by atoms with Crippen LogP contribution in [0.2, 0.25) is 0 Å². The maximum absolute atomic E-state index is 11.3. The van der Waals surface area contributed by atoms with E-state index in [-0.39, 0.29) is 6.04 Å². The van der Waals surface area contributed by atoms with Gasteiger partial charge < -0.3 is 5.11 Å². The Labute approximate surface area is 93.3 Å². The molecule has 0 aliphatic carbocycles. The zero-order chi connectivity index (χ0) is 11.0. The van der Waals surface area contributed by atoms with Gasteiger partial charge in [-0.2, -0.15) is 0 Å². The van der Waals surface area contributed by atoms with Crippen LogP contribution in [0, 0.1) is 0 Å². The average Bonchev–Trinajstić information content (AvgIpc) is 2.62. The van der Waals surface area contributed by atoms with E-state index in [9.17, 15) is 9.90 Å². The molecular formula is C11H15NO2S. The molecule has 1 aromatic rings. The first-order valence-corrected chi connectivity index (χ1v) is 6.04. The van der Waals surface area contributed by atoms with Crippen LogP contribution >= 0.6 is 11.3 Å². The molecule has 4 heteroatoms. The minimum atomic E-state index is -0.733. The summed E-state index contributed by atoms with van der Waals surface area (Å²) in [7, 11) is 0. The average molecular weight is 225 g/mol. The number of carboxylic acids is 1.